The SMILES string of the molecule is CC(=NO)c1cc(C)ccc1OCc1c(Br)c(C)nn1C. The summed E-state index contributed by atoms with van der Waals surface area (Å²) >= 11 is 3.52. The minimum absolute atomic E-state index is 0.382. The van der Waals surface area contributed by atoms with Gasteiger partial charge in [0.2, 0.25) is 0 Å². The Hall–Kier alpha value is -1.82. The van der Waals surface area contributed by atoms with Crippen LogP contribution in [0.2, 0.25) is 0 Å². The molecule has 2 rings (SSSR count). The van der Waals surface area contributed by atoms with E-state index in [-0.39, 0.29) is 0 Å². The lowest BCUT2D eigenvalue weighted by Gasteiger charge is -2.12. The third-order valence-electron chi connectivity index (χ3n) is 3.30. The summed E-state index contributed by atoms with van der Waals surface area (Å²) in [5.41, 5.74) is 4.27. The number of hydrogen-bond acceptors (Lipinski definition) is 4. The van der Waals surface area contributed by atoms with E-state index in [4.69, 9.17) is 9.94 Å². The van der Waals surface area contributed by atoms with Gasteiger partial charge in [-0.1, -0.05) is 16.8 Å². The van der Waals surface area contributed by atoms with Crippen molar-refractivity contribution in [2.75, 3.05) is 0 Å². The Labute approximate surface area is 132 Å². The van der Waals surface area contributed by atoms with E-state index < -0.39 is 0 Å². The normalized spacial score (nSPS) is 11.8. The molecule has 0 saturated heterocycles. The van der Waals surface area contributed by atoms with E-state index in [1.165, 1.54) is 0 Å². The highest BCUT2D eigenvalue weighted by Gasteiger charge is 2.13. The quantitative estimate of drug-likeness (QED) is 0.520. The van der Waals surface area contributed by atoms with Crippen LogP contribution in [0.25, 0.3) is 0 Å². The van der Waals surface area contributed by atoms with Gasteiger partial charge in [0.1, 0.15) is 12.4 Å². The van der Waals surface area contributed by atoms with Gasteiger partial charge in [-0.3, -0.25) is 4.68 Å². The fourth-order valence-electron chi connectivity index (χ4n) is 2.09. The predicted octanol–water partition coefficient (Wildman–Crippen LogP) is 3.58. The second-order valence-corrected chi connectivity index (χ2v) is 5.74. The molecule has 2 aromatic rings. The maximum Gasteiger partial charge on any atom is 0.131 e. The second kappa shape index (κ2) is 6.30. The summed E-state index contributed by atoms with van der Waals surface area (Å²) in [4.78, 5) is 0. The summed E-state index contributed by atoms with van der Waals surface area (Å²) in [6.45, 7) is 6.05. The molecule has 0 atom stereocenters. The number of hydrogen-bond donors (Lipinski definition) is 1. The maximum atomic E-state index is 8.99. The lowest BCUT2D eigenvalue weighted by Crippen LogP contribution is -2.06. The topological polar surface area (TPSA) is 59.6 Å². The number of aromatic nitrogens is 2. The fraction of sp³-hybridized carbons (Fsp3) is 0.333. The van der Waals surface area contributed by atoms with E-state index in [0.717, 1.165) is 27.0 Å². The lowest BCUT2D eigenvalue weighted by atomic mass is 10.1. The molecule has 0 aliphatic carbocycles. The molecule has 0 aliphatic rings. The molecule has 1 N–H and O–H groups in total. The summed E-state index contributed by atoms with van der Waals surface area (Å²) in [7, 11) is 1.88. The molecule has 21 heavy (non-hydrogen) atoms. The van der Waals surface area contributed by atoms with Crippen molar-refractivity contribution in [1.29, 1.82) is 0 Å². The van der Waals surface area contributed by atoms with Gasteiger partial charge >= 0.3 is 0 Å². The van der Waals surface area contributed by atoms with Crippen molar-refractivity contribution in [2.45, 2.75) is 27.4 Å². The molecule has 0 fully saturated rings. The van der Waals surface area contributed by atoms with Crippen LogP contribution in [0, 0.1) is 13.8 Å². The summed E-state index contributed by atoms with van der Waals surface area (Å²) < 4.78 is 8.64. The first kappa shape index (κ1) is 15.6. The molecule has 1 aromatic carbocycles. The maximum absolute atomic E-state index is 8.99. The second-order valence-electron chi connectivity index (χ2n) is 4.94. The van der Waals surface area contributed by atoms with Gasteiger partial charge in [-0.25, -0.2) is 0 Å². The van der Waals surface area contributed by atoms with Crippen molar-refractivity contribution in [2.24, 2.45) is 12.2 Å². The van der Waals surface area contributed by atoms with Gasteiger partial charge in [-0.05, 0) is 48.8 Å². The number of ether oxygens (including phenoxy) is 1. The van der Waals surface area contributed by atoms with Gasteiger partial charge in [0.15, 0.2) is 0 Å². The van der Waals surface area contributed by atoms with Crippen LogP contribution in [0.3, 0.4) is 0 Å². The minimum atomic E-state index is 0.382. The van der Waals surface area contributed by atoms with E-state index in [9.17, 15) is 0 Å². The summed E-state index contributed by atoms with van der Waals surface area (Å²) in [5.74, 6) is 0.682. The van der Waals surface area contributed by atoms with E-state index in [1.807, 2.05) is 39.1 Å². The first-order chi connectivity index (χ1) is 9.93. The molecule has 0 amide bonds. The van der Waals surface area contributed by atoms with Crippen LogP contribution >= 0.6 is 15.9 Å². The van der Waals surface area contributed by atoms with Crippen LogP contribution < -0.4 is 4.74 Å². The first-order valence-corrected chi connectivity index (χ1v) is 7.33. The number of oxime groups is 1. The Bertz CT molecular complexity index is 692. The average molecular weight is 352 g/mol. The Morgan fingerprint density at radius 2 is 2.14 bits per heavy atom. The molecule has 0 unspecified atom stereocenters. The lowest BCUT2D eigenvalue weighted by molar-refractivity contribution is 0.292. The predicted molar refractivity (Wildman–Crippen MR) is 85.2 cm³/mol. The Kier molecular flexibility index (Phi) is 4.67. The van der Waals surface area contributed by atoms with E-state index >= 15 is 0 Å². The Balaban J connectivity index is 2.28. The third-order valence-corrected chi connectivity index (χ3v) is 4.33. The standard InChI is InChI=1S/C15H18BrN3O2/c1-9-5-6-14(12(7-9)10(2)18-20)21-8-13-15(16)11(3)17-19(13)4/h5-7,20H,8H2,1-4H3. The van der Waals surface area contributed by atoms with Gasteiger partial charge in [-0.2, -0.15) is 5.10 Å². The molecule has 0 saturated carbocycles. The van der Waals surface area contributed by atoms with E-state index in [2.05, 4.69) is 26.2 Å². The van der Waals surface area contributed by atoms with Crippen molar-refractivity contribution in [3.05, 3.63) is 45.2 Å². The minimum Gasteiger partial charge on any atom is -0.487 e. The molecule has 5 nitrogen and oxygen atoms in total. The summed E-state index contributed by atoms with van der Waals surface area (Å²) in [6.07, 6.45) is 0. The Morgan fingerprint density at radius 1 is 1.43 bits per heavy atom. The molecule has 6 heteroatoms. The van der Waals surface area contributed by atoms with Gasteiger partial charge < -0.3 is 9.94 Å². The van der Waals surface area contributed by atoms with Crippen LogP contribution in [0.5, 0.6) is 5.75 Å². The molecule has 112 valence electrons. The highest BCUT2D eigenvalue weighted by atomic mass is 79.9. The Morgan fingerprint density at radius 3 is 2.71 bits per heavy atom. The first-order valence-electron chi connectivity index (χ1n) is 6.54. The van der Waals surface area contributed by atoms with Crippen LogP contribution in [0.4, 0.5) is 0 Å². The van der Waals surface area contributed by atoms with Crippen molar-refractivity contribution in [1.82, 2.24) is 9.78 Å². The molecule has 0 spiro atoms. The molecule has 0 bridgehead atoms. The van der Waals surface area contributed by atoms with Crippen LogP contribution in [-0.2, 0) is 13.7 Å². The van der Waals surface area contributed by atoms with Crippen molar-refractivity contribution in [3.63, 3.8) is 0 Å². The molecule has 0 radical (unpaired) electrons. The smallest absolute Gasteiger partial charge is 0.131 e. The highest BCUT2D eigenvalue weighted by Crippen LogP contribution is 2.25. The molecular weight excluding hydrogens is 334 g/mol. The van der Waals surface area contributed by atoms with E-state index in [1.54, 1.807) is 11.6 Å². The number of halogens is 1. The van der Waals surface area contributed by atoms with Crippen molar-refractivity contribution < 1.29 is 9.94 Å². The highest BCUT2D eigenvalue weighted by molar-refractivity contribution is 9.10. The number of aryl methyl sites for hydroxylation is 3. The summed E-state index contributed by atoms with van der Waals surface area (Å²) in [6, 6.07) is 5.79. The monoisotopic (exact) mass is 351 g/mol. The number of benzene rings is 1. The summed E-state index contributed by atoms with van der Waals surface area (Å²) in [5, 5.41) is 16.6. The van der Waals surface area contributed by atoms with Gasteiger partial charge in [-0.15, -0.1) is 0 Å². The van der Waals surface area contributed by atoms with Crippen LogP contribution in [0.1, 0.15) is 29.4 Å². The molecule has 0 aliphatic heterocycles. The van der Waals surface area contributed by atoms with Gasteiger partial charge in [0.05, 0.1) is 21.6 Å². The van der Waals surface area contributed by atoms with Gasteiger partial charge in [0.25, 0.3) is 0 Å². The number of rotatable bonds is 4. The average Bonchev–Trinajstić information content (AvgIpc) is 2.70. The van der Waals surface area contributed by atoms with Gasteiger partial charge in [0, 0.05) is 12.6 Å². The van der Waals surface area contributed by atoms with Crippen LogP contribution in [0.15, 0.2) is 27.8 Å². The molecule has 1 heterocycles. The zero-order chi connectivity index (χ0) is 15.6. The molecular formula is C15H18BrN3O2. The molecule has 1 aromatic heterocycles. The van der Waals surface area contributed by atoms with E-state index in [0.29, 0.717) is 18.1 Å². The largest absolute Gasteiger partial charge is 0.487 e. The zero-order valence-electron chi connectivity index (χ0n) is 12.5. The van der Waals surface area contributed by atoms with Crippen molar-refractivity contribution >= 4 is 21.6 Å². The van der Waals surface area contributed by atoms with Crippen molar-refractivity contribution in [3.8, 4) is 5.75 Å². The van der Waals surface area contributed by atoms with Crippen LogP contribution in [-0.4, -0.2) is 20.7 Å². The third kappa shape index (κ3) is 3.26. The fourth-order valence-corrected chi connectivity index (χ4v) is 2.54. The zero-order valence-corrected chi connectivity index (χ0v) is 14.1. The number of nitrogens with zero attached hydrogens (tertiary/aromatic N) is 3.